The van der Waals surface area contributed by atoms with Crippen LogP contribution in [0.3, 0.4) is 0 Å². The average molecular weight is 836 g/mol. The summed E-state index contributed by atoms with van der Waals surface area (Å²) < 4.78 is 15.2. The third-order valence-electron chi connectivity index (χ3n) is 5.24. The van der Waals surface area contributed by atoms with Gasteiger partial charge in [-0.3, -0.25) is 4.79 Å². The van der Waals surface area contributed by atoms with Gasteiger partial charge in [0.05, 0.1) is 16.3 Å². The van der Waals surface area contributed by atoms with Crippen LogP contribution in [0, 0.1) is 13.1 Å². The van der Waals surface area contributed by atoms with E-state index in [0.717, 1.165) is 7.14 Å². The van der Waals surface area contributed by atoms with Gasteiger partial charge in [0, 0.05) is 14.7 Å². The summed E-state index contributed by atoms with van der Waals surface area (Å²) >= 11 is 8.43. The number of rotatable bonds is 0. The second-order valence-corrected chi connectivity index (χ2v) is 11.0. The molecule has 2 aromatic carbocycles. The number of aliphatic hydroxyl groups excluding tert-OH is 1. The summed E-state index contributed by atoms with van der Waals surface area (Å²) in [4.78, 5) is 26.2. The fourth-order valence-electron chi connectivity index (χ4n) is 4.02. The Balaban J connectivity index is 1.94. The lowest BCUT2D eigenvalue weighted by Gasteiger charge is -2.43. The van der Waals surface area contributed by atoms with Crippen molar-refractivity contribution in [3.63, 3.8) is 0 Å². The van der Waals surface area contributed by atoms with Crippen molar-refractivity contribution < 1.29 is 24.2 Å². The molecule has 0 saturated heterocycles. The van der Waals surface area contributed by atoms with Crippen LogP contribution in [0.25, 0.3) is 0 Å². The quantitative estimate of drug-likeness (QED) is 0.271. The minimum absolute atomic E-state index is 0.337. The van der Waals surface area contributed by atoms with E-state index in [9.17, 15) is 14.7 Å². The highest BCUT2D eigenvalue weighted by molar-refractivity contribution is 14.1. The van der Waals surface area contributed by atoms with Gasteiger partial charge in [-0.05, 0) is 109 Å². The molecule has 3 aliphatic rings. The van der Waals surface area contributed by atoms with Crippen LogP contribution >= 0.6 is 90.4 Å². The number of allylic oxidation sites excluding steroid dienone is 3. The molecule has 0 aromatic heterocycles. The highest BCUT2D eigenvalue weighted by Crippen LogP contribution is 2.59. The third kappa shape index (κ3) is 2.65. The molecule has 146 valence electrons. The fraction of sp³-hybridized carbons (Fsp3) is 0.100. The van der Waals surface area contributed by atoms with Gasteiger partial charge in [-0.15, -0.1) is 0 Å². The molecule has 9 heteroatoms. The van der Waals surface area contributed by atoms with E-state index < -0.39 is 23.3 Å². The monoisotopic (exact) mass is 836 g/mol. The predicted molar refractivity (Wildman–Crippen MR) is 138 cm³/mol. The minimum Gasteiger partial charge on any atom is -0.504 e. The van der Waals surface area contributed by atoms with Crippen LogP contribution in [0.15, 0.2) is 55.1 Å². The van der Waals surface area contributed by atoms with E-state index in [4.69, 9.17) is 9.47 Å². The topological polar surface area (TPSA) is 72.8 Å². The number of carbonyl (C=O) groups excluding carboxylic acids is 2. The SMILES string of the molecule is O=C1OC2(c3ccccc31)c1ccc(I)c(I)c1OC1=C(I)C(I)=C(O)C(=O)C12. The van der Waals surface area contributed by atoms with Crippen molar-refractivity contribution in [1.82, 2.24) is 0 Å². The van der Waals surface area contributed by atoms with E-state index in [2.05, 4.69) is 67.8 Å². The first-order valence-electron chi connectivity index (χ1n) is 8.31. The van der Waals surface area contributed by atoms with Crippen molar-refractivity contribution in [2.24, 2.45) is 5.92 Å². The van der Waals surface area contributed by atoms with Gasteiger partial charge in [-0.1, -0.05) is 18.2 Å². The zero-order chi connectivity index (χ0) is 20.7. The molecule has 0 saturated carbocycles. The summed E-state index contributed by atoms with van der Waals surface area (Å²) in [6.45, 7) is 0. The zero-order valence-electron chi connectivity index (χ0n) is 14.1. The molecule has 0 bridgehead atoms. The van der Waals surface area contributed by atoms with Crippen LogP contribution in [0.2, 0.25) is 0 Å². The normalized spacial score (nSPS) is 24.9. The van der Waals surface area contributed by atoms with Crippen molar-refractivity contribution >= 4 is 102 Å². The summed E-state index contributed by atoms with van der Waals surface area (Å²) in [7, 11) is 0. The second kappa shape index (κ2) is 7.05. The maximum atomic E-state index is 13.3. The molecule has 1 aliphatic carbocycles. The summed E-state index contributed by atoms with van der Waals surface area (Å²) in [5, 5.41) is 10.5. The van der Waals surface area contributed by atoms with Crippen molar-refractivity contribution in [3.8, 4) is 5.75 Å². The molecule has 2 unspecified atom stereocenters. The molecule has 0 amide bonds. The molecule has 29 heavy (non-hydrogen) atoms. The van der Waals surface area contributed by atoms with Gasteiger partial charge in [0.25, 0.3) is 0 Å². The van der Waals surface area contributed by atoms with E-state index in [1.165, 1.54) is 0 Å². The zero-order valence-corrected chi connectivity index (χ0v) is 22.8. The van der Waals surface area contributed by atoms with Crippen LogP contribution in [-0.4, -0.2) is 16.9 Å². The van der Waals surface area contributed by atoms with Gasteiger partial charge < -0.3 is 14.6 Å². The number of halogens is 4. The number of Topliss-reactive ketones (excluding diaryl/α,β-unsaturated/α-hetero) is 1. The van der Waals surface area contributed by atoms with Gasteiger partial charge >= 0.3 is 5.97 Å². The Morgan fingerprint density at radius 2 is 1.66 bits per heavy atom. The first kappa shape index (κ1) is 20.5. The van der Waals surface area contributed by atoms with Crippen LogP contribution in [-0.2, 0) is 15.1 Å². The third-order valence-corrected chi connectivity index (χ3v) is 11.4. The van der Waals surface area contributed by atoms with Crippen LogP contribution in [0.4, 0.5) is 0 Å². The molecule has 1 spiro atoms. The molecule has 5 nitrogen and oxygen atoms in total. The smallest absolute Gasteiger partial charge is 0.339 e. The molecule has 1 N–H and O–H groups in total. The Morgan fingerprint density at radius 1 is 0.931 bits per heavy atom. The molecule has 2 aliphatic heterocycles. The van der Waals surface area contributed by atoms with Gasteiger partial charge in [-0.2, -0.15) is 0 Å². The number of hydrogen-bond acceptors (Lipinski definition) is 5. The number of aliphatic hydroxyl groups is 1. The van der Waals surface area contributed by atoms with Gasteiger partial charge in [-0.25, -0.2) is 4.79 Å². The Morgan fingerprint density at radius 3 is 2.41 bits per heavy atom. The highest BCUT2D eigenvalue weighted by atomic mass is 127. The summed E-state index contributed by atoms with van der Waals surface area (Å²) in [6.07, 6.45) is 0. The van der Waals surface area contributed by atoms with E-state index in [1.807, 2.05) is 40.8 Å². The van der Waals surface area contributed by atoms with Crippen LogP contribution < -0.4 is 4.74 Å². The molecular formula is C20H8I4O5. The van der Waals surface area contributed by atoms with E-state index in [-0.39, 0.29) is 5.76 Å². The molecule has 5 rings (SSSR count). The minimum atomic E-state index is -1.39. The lowest BCUT2D eigenvalue weighted by molar-refractivity contribution is -0.129. The molecule has 2 aromatic rings. The number of carbonyl (C=O) groups is 2. The van der Waals surface area contributed by atoms with Crippen LogP contribution in [0.5, 0.6) is 5.75 Å². The van der Waals surface area contributed by atoms with E-state index in [0.29, 0.717) is 35.4 Å². The number of benzene rings is 2. The Labute approximate surface area is 219 Å². The lowest BCUT2D eigenvalue weighted by Crippen LogP contribution is -2.48. The summed E-state index contributed by atoms with van der Waals surface area (Å²) in [5.74, 6) is -1.38. The van der Waals surface area contributed by atoms with Crippen molar-refractivity contribution in [1.29, 1.82) is 0 Å². The first-order valence-corrected chi connectivity index (χ1v) is 12.6. The molecule has 2 atom stereocenters. The number of ketones is 1. The Hall–Kier alpha value is -0.420. The van der Waals surface area contributed by atoms with Crippen molar-refractivity contribution in [3.05, 3.63) is 78.9 Å². The Kier molecular flexibility index (Phi) is 4.98. The van der Waals surface area contributed by atoms with E-state index >= 15 is 0 Å². The van der Waals surface area contributed by atoms with Crippen LogP contribution in [0.1, 0.15) is 21.5 Å². The van der Waals surface area contributed by atoms with Crippen molar-refractivity contribution in [2.75, 3.05) is 0 Å². The van der Waals surface area contributed by atoms with Gasteiger partial charge in [0.2, 0.25) is 5.78 Å². The fourth-order valence-corrected chi connectivity index (χ4v) is 6.23. The summed E-state index contributed by atoms with van der Waals surface area (Å²) in [6, 6.07) is 10.8. The maximum absolute atomic E-state index is 13.3. The molecule has 0 fully saturated rings. The number of fused-ring (bicyclic) bond motifs is 6. The van der Waals surface area contributed by atoms with Gasteiger partial charge in [0.1, 0.15) is 17.4 Å². The number of hydrogen-bond donors (Lipinski definition) is 1. The second-order valence-electron chi connectivity index (χ2n) is 6.65. The number of esters is 1. The molecule has 2 heterocycles. The predicted octanol–water partition coefficient (Wildman–Crippen LogP) is 5.75. The molecular weight excluding hydrogens is 828 g/mol. The lowest BCUT2D eigenvalue weighted by atomic mass is 9.70. The standard InChI is InChI=1S/C20H8I4O5/c21-10-6-5-9-17(12(10)22)28-18-11(15(25)16(26)13(23)14(18)24)20(9)8-4-2-1-3-7(8)19(27)29-20/h1-6,11,26H. The highest BCUT2D eigenvalue weighted by Gasteiger charge is 2.63. The average Bonchev–Trinajstić information content (AvgIpc) is 3.01. The first-order chi connectivity index (χ1) is 13.8. The van der Waals surface area contributed by atoms with Gasteiger partial charge in [0.15, 0.2) is 11.4 Å². The largest absolute Gasteiger partial charge is 0.504 e. The summed E-state index contributed by atoms with van der Waals surface area (Å²) in [5.41, 5.74) is 0.243. The molecule has 0 radical (unpaired) electrons. The van der Waals surface area contributed by atoms with E-state index in [1.54, 1.807) is 18.2 Å². The van der Waals surface area contributed by atoms with Crippen molar-refractivity contribution in [2.45, 2.75) is 5.60 Å². The maximum Gasteiger partial charge on any atom is 0.339 e. The Bertz CT molecular complexity index is 1220. The number of ether oxygens (including phenoxy) is 2.